The third kappa shape index (κ3) is 2.70. The summed E-state index contributed by atoms with van der Waals surface area (Å²) in [6, 6.07) is 2.44. The maximum Gasteiger partial charge on any atom is 0.227 e. The second-order valence-electron chi connectivity index (χ2n) is 6.37. The molecule has 1 aliphatic heterocycles. The minimum absolute atomic E-state index is 0.373. The zero-order chi connectivity index (χ0) is 15.9. The molecule has 0 aromatic carbocycles. The van der Waals surface area contributed by atoms with Gasteiger partial charge in [-0.3, -0.25) is 0 Å². The summed E-state index contributed by atoms with van der Waals surface area (Å²) in [5.74, 6) is 2.06. The molecule has 0 unspecified atom stereocenters. The summed E-state index contributed by atoms with van der Waals surface area (Å²) in [7, 11) is 4.03. The topological polar surface area (TPSA) is 66.0 Å². The number of anilines is 2. The molecule has 6 nitrogen and oxygen atoms in total. The minimum atomic E-state index is 0.373. The van der Waals surface area contributed by atoms with E-state index in [1.54, 1.807) is 0 Å². The Kier molecular flexibility index (Phi) is 3.87. The van der Waals surface area contributed by atoms with Crippen molar-refractivity contribution in [1.82, 2.24) is 19.9 Å². The summed E-state index contributed by atoms with van der Waals surface area (Å²) >= 11 is 0. The predicted molar refractivity (Wildman–Crippen MR) is 90.4 cm³/mol. The van der Waals surface area contributed by atoms with E-state index in [-0.39, 0.29) is 0 Å². The Morgan fingerprint density at radius 2 is 1.95 bits per heavy atom. The van der Waals surface area contributed by atoms with E-state index in [1.165, 1.54) is 0 Å². The van der Waals surface area contributed by atoms with Crippen molar-refractivity contribution in [3.63, 3.8) is 0 Å². The molecular formula is C16H24N6. The van der Waals surface area contributed by atoms with E-state index in [9.17, 15) is 0 Å². The first kappa shape index (κ1) is 15.0. The Bertz CT molecular complexity index is 699. The molecule has 0 bridgehead atoms. The average Bonchev–Trinajstić information content (AvgIpc) is 2.75. The van der Waals surface area contributed by atoms with Crippen LogP contribution in [0.1, 0.15) is 18.2 Å². The fourth-order valence-corrected chi connectivity index (χ4v) is 3.29. The highest BCUT2D eigenvalue weighted by molar-refractivity contribution is 5.90. The van der Waals surface area contributed by atoms with Crippen LogP contribution >= 0.6 is 0 Å². The normalized spacial score (nSPS) is 22.2. The van der Waals surface area contributed by atoms with E-state index in [2.05, 4.69) is 57.4 Å². The van der Waals surface area contributed by atoms with Crippen molar-refractivity contribution in [3.05, 3.63) is 17.3 Å². The quantitative estimate of drug-likeness (QED) is 0.904. The van der Waals surface area contributed by atoms with Crippen molar-refractivity contribution < 1.29 is 0 Å². The molecule has 2 N–H and O–H groups in total. The maximum absolute atomic E-state index is 4.64. The van der Waals surface area contributed by atoms with Crippen LogP contribution in [0.25, 0.3) is 11.0 Å². The number of aryl methyl sites for hydroxylation is 2. The third-order valence-electron chi connectivity index (χ3n) is 4.34. The van der Waals surface area contributed by atoms with Crippen LogP contribution in [0.4, 0.5) is 11.8 Å². The molecule has 0 radical (unpaired) electrons. The molecule has 1 fully saturated rings. The second kappa shape index (κ2) is 5.68. The molecule has 6 heteroatoms. The van der Waals surface area contributed by atoms with Gasteiger partial charge in [-0.2, -0.15) is 9.97 Å². The fourth-order valence-electron chi connectivity index (χ4n) is 3.29. The zero-order valence-corrected chi connectivity index (χ0v) is 13.9. The van der Waals surface area contributed by atoms with Crippen LogP contribution in [-0.4, -0.2) is 53.1 Å². The Hall–Kier alpha value is -1.95. The molecule has 0 amide bonds. The number of likely N-dealkylation sites (N-methyl/N-ethyl adjacent to an activating group) is 1. The van der Waals surface area contributed by atoms with Gasteiger partial charge >= 0.3 is 0 Å². The number of aromatic nitrogens is 3. The van der Waals surface area contributed by atoms with Gasteiger partial charge in [0.05, 0.1) is 5.39 Å². The first-order valence-corrected chi connectivity index (χ1v) is 7.76. The van der Waals surface area contributed by atoms with Gasteiger partial charge in [0.25, 0.3) is 0 Å². The number of hydrogen-bond donors (Lipinski definition) is 2. The molecule has 0 aliphatic carbocycles. The van der Waals surface area contributed by atoms with Crippen molar-refractivity contribution in [1.29, 1.82) is 0 Å². The molecule has 3 heterocycles. The highest BCUT2D eigenvalue weighted by atomic mass is 15.2. The molecule has 118 valence electrons. The van der Waals surface area contributed by atoms with Crippen molar-refractivity contribution in [2.24, 2.45) is 5.92 Å². The average molecular weight is 300 g/mol. The van der Waals surface area contributed by atoms with Crippen LogP contribution in [0.5, 0.6) is 0 Å². The lowest BCUT2D eigenvalue weighted by atomic mass is 10.1. The van der Waals surface area contributed by atoms with E-state index in [0.717, 1.165) is 41.2 Å². The summed E-state index contributed by atoms with van der Waals surface area (Å²) in [4.78, 5) is 16.2. The summed E-state index contributed by atoms with van der Waals surface area (Å²) in [6.07, 6.45) is 0. The van der Waals surface area contributed by atoms with Gasteiger partial charge in [-0.25, -0.2) is 4.98 Å². The number of nitrogens with zero attached hydrogens (tertiary/aromatic N) is 4. The van der Waals surface area contributed by atoms with Crippen molar-refractivity contribution >= 4 is 22.8 Å². The highest BCUT2D eigenvalue weighted by Crippen LogP contribution is 2.26. The number of likely N-dealkylation sites (tertiary alicyclic amines) is 1. The second-order valence-corrected chi connectivity index (χ2v) is 6.37. The monoisotopic (exact) mass is 300 g/mol. The Morgan fingerprint density at radius 3 is 2.59 bits per heavy atom. The number of rotatable bonds is 3. The standard InChI is InChI=1S/C16H24N6/c1-9-6-11(3)18-15-13(9)14(17-4)20-16(21-15)19-12-8-22(5)7-10(12)2/h6,10,12H,7-8H2,1-5H3,(H2,17,18,19,20,21)/t10-,12-/m1/s1. The Balaban J connectivity index is 2.00. The first-order valence-electron chi connectivity index (χ1n) is 7.76. The molecule has 1 saturated heterocycles. The lowest BCUT2D eigenvalue weighted by Crippen LogP contribution is -2.28. The van der Waals surface area contributed by atoms with Crippen LogP contribution in [0.15, 0.2) is 6.07 Å². The molecule has 3 rings (SSSR count). The smallest absolute Gasteiger partial charge is 0.227 e. The van der Waals surface area contributed by atoms with Crippen LogP contribution in [0.2, 0.25) is 0 Å². The first-order chi connectivity index (χ1) is 10.5. The summed E-state index contributed by atoms with van der Waals surface area (Å²) < 4.78 is 0. The van der Waals surface area contributed by atoms with Crippen molar-refractivity contribution in [3.8, 4) is 0 Å². The Morgan fingerprint density at radius 1 is 1.18 bits per heavy atom. The lowest BCUT2D eigenvalue weighted by molar-refractivity contribution is 0.401. The Labute approximate surface area is 131 Å². The van der Waals surface area contributed by atoms with Crippen LogP contribution in [0, 0.1) is 19.8 Å². The molecule has 2 aromatic rings. The lowest BCUT2D eigenvalue weighted by Gasteiger charge is -2.18. The van der Waals surface area contributed by atoms with Crippen LogP contribution in [0.3, 0.4) is 0 Å². The molecule has 0 saturated carbocycles. The molecule has 0 spiro atoms. The van der Waals surface area contributed by atoms with Gasteiger partial charge in [0, 0.05) is 31.9 Å². The van der Waals surface area contributed by atoms with Gasteiger partial charge in [-0.15, -0.1) is 0 Å². The molecular weight excluding hydrogens is 276 g/mol. The number of hydrogen-bond acceptors (Lipinski definition) is 6. The number of fused-ring (bicyclic) bond motifs is 1. The van der Waals surface area contributed by atoms with E-state index in [1.807, 2.05) is 14.0 Å². The molecule has 2 atom stereocenters. The molecule has 1 aliphatic rings. The predicted octanol–water partition coefficient (Wildman–Crippen LogP) is 2.05. The van der Waals surface area contributed by atoms with E-state index < -0.39 is 0 Å². The third-order valence-corrected chi connectivity index (χ3v) is 4.34. The van der Waals surface area contributed by atoms with Crippen molar-refractivity contribution in [2.45, 2.75) is 26.8 Å². The largest absolute Gasteiger partial charge is 0.372 e. The van der Waals surface area contributed by atoms with Gasteiger partial charge in [-0.1, -0.05) is 6.92 Å². The minimum Gasteiger partial charge on any atom is -0.372 e. The summed E-state index contributed by atoms with van der Waals surface area (Å²) in [6.45, 7) is 8.43. The van der Waals surface area contributed by atoms with E-state index >= 15 is 0 Å². The van der Waals surface area contributed by atoms with Gasteiger partial charge in [0.15, 0.2) is 5.65 Å². The van der Waals surface area contributed by atoms with Gasteiger partial charge < -0.3 is 15.5 Å². The molecule has 22 heavy (non-hydrogen) atoms. The van der Waals surface area contributed by atoms with Crippen LogP contribution in [-0.2, 0) is 0 Å². The van der Waals surface area contributed by atoms with E-state index in [4.69, 9.17) is 0 Å². The number of pyridine rings is 1. The van der Waals surface area contributed by atoms with Gasteiger partial charge in [0.2, 0.25) is 5.95 Å². The summed E-state index contributed by atoms with van der Waals surface area (Å²) in [5, 5.41) is 7.65. The maximum atomic E-state index is 4.64. The fraction of sp³-hybridized carbons (Fsp3) is 0.562. The van der Waals surface area contributed by atoms with E-state index in [0.29, 0.717) is 17.9 Å². The SMILES string of the molecule is CNc1nc(N[C@@H]2CN(C)C[C@H]2C)nc2nc(C)cc(C)c12. The zero-order valence-electron chi connectivity index (χ0n) is 13.9. The summed E-state index contributed by atoms with van der Waals surface area (Å²) in [5.41, 5.74) is 2.87. The van der Waals surface area contributed by atoms with Gasteiger partial charge in [-0.05, 0) is 38.4 Å². The highest BCUT2D eigenvalue weighted by Gasteiger charge is 2.28. The van der Waals surface area contributed by atoms with Gasteiger partial charge in [0.1, 0.15) is 5.82 Å². The van der Waals surface area contributed by atoms with Crippen molar-refractivity contribution in [2.75, 3.05) is 37.8 Å². The number of nitrogens with one attached hydrogen (secondary N) is 2. The molecule has 2 aromatic heterocycles. The van der Waals surface area contributed by atoms with Crippen LogP contribution < -0.4 is 10.6 Å².